The van der Waals surface area contributed by atoms with Crippen molar-refractivity contribution in [2.24, 2.45) is 0 Å². The lowest BCUT2D eigenvalue weighted by atomic mass is 10.2. The fourth-order valence-corrected chi connectivity index (χ4v) is 2.20. The minimum atomic E-state index is -0.458. The summed E-state index contributed by atoms with van der Waals surface area (Å²) in [6.07, 6.45) is 0. The monoisotopic (exact) mass is 327 g/mol. The maximum atomic E-state index is 14.3. The lowest BCUT2D eigenvalue weighted by Crippen LogP contribution is -2.19. The van der Waals surface area contributed by atoms with Gasteiger partial charge < -0.3 is 14.2 Å². The van der Waals surface area contributed by atoms with Crippen molar-refractivity contribution in [3.8, 4) is 28.6 Å². The Morgan fingerprint density at radius 2 is 1.88 bits per heavy atom. The standard InChI is InChI=1S/C18H18FN3O2/c1-22(2)11-12-23-15-10-6-9-14(19)16(15)18-20-17(21-24-18)13-7-4-3-5-8-13/h3-10H,11-12H2,1-2H3. The van der Waals surface area contributed by atoms with Gasteiger partial charge in [0.05, 0.1) is 0 Å². The molecule has 0 spiro atoms. The van der Waals surface area contributed by atoms with Gasteiger partial charge in [-0.25, -0.2) is 4.39 Å². The Kier molecular flexibility index (Phi) is 4.86. The number of nitrogens with zero attached hydrogens (tertiary/aromatic N) is 3. The predicted octanol–water partition coefficient (Wildman–Crippen LogP) is 3.48. The normalized spacial score (nSPS) is 11.0. The van der Waals surface area contributed by atoms with Crippen LogP contribution in [0.25, 0.3) is 22.8 Å². The van der Waals surface area contributed by atoms with Crippen molar-refractivity contribution < 1.29 is 13.7 Å². The molecule has 0 aliphatic heterocycles. The van der Waals surface area contributed by atoms with Crippen LogP contribution in [0, 0.1) is 5.82 Å². The van der Waals surface area contributed by atoms with Gasteiger partial charge >= 0.3 is 0 Å². The van der Waals surface area contributed by atoms with Gasteiger partial charge in [-0.05, 0) is 26.2 Å². The Morgan fingerprint density at radius 1 is 1.08 bits per heavy atom. The van der Waals surface area contributed by atoms with E-state index in [0.717, 1.165) is 12.1 Å². The molecule has 0 radical (unpaired) electrons. The summed E-state index contributed by atoms with van der Waals surface area (Å²) in [4.78, 5) is 6.29. The molecular weight excluding hydrogens is 309 g/mol. The molecule has 0 fully saturated rings. The second-order valence-electron chi connectivity index (χ2n) is 5.55. The molecule has 0 amide bonds. The van der Waals surface area contributed by atoms with Crippen LogP contribution in [0.1, 0.15) is 0 Å². The summed E-state index contributed by atoms with van der Waals surface area (Å²) in [5, 5.41) is 3.94. The van der Waals surface area contributed by atoms with Crippen LogP contribution in [0.5, 0.6) is 5.75 Å². The van der Waals surface area contributed by atoms with Gasteiger partial charge in [-0.15, -0.1) is 0 Å². The third-order valence-corrected chi connectivity index (χ3v) is 3.44. The molecule has 124 valence electrons. The molecule has 3 rings (SSSR count). The summed E-state index contributed by atoms with van der Waals surface area (Å²) in [5.41, 5.74) is 0.991. The highest BCUT2D eigenvalue weighted by Crippen LogP contribution is 2.32. The minimum absolute atomic E-state index is 0.104. The Labute approximate surface area is 139 Å². The quantitative estimate of drug-likeness (QED) is 0.694. The van der Waals surface area contributed by atoms with Crippen molar-refractivity contribution in [3.63, 3.8) is 0 Å². The second kappa shape index (κ2) is 7.23. The molecule has 0 N–H and O–H groups in total. The summed E-state index contributed by atoms with van der Waals surface area (Å²) in [6.45, 7) is 1.15. The molecule has 24 heavy (non-hydrogen) atoms. The van der Waals surface area contributed by atoms with Gasteiger partial charge in [-0.2, -0.15) is 4.98 Å². The summed E-state index contributed by atoms with van der Waals surface area (Å²) in [5.74, 6) is 0.445. The van der Waals surface area contributed by atoms with Crippen LogP contribution >= 0.6 is 0 Å². The Morgan fingerprint density at radius 3 is 2.62 bits per heavy atom. The van der Waals surface area contributed by atoms with Crippen LogP contribution in [-0.4, -0.2) is 42.3 Å². The zero-order valence-electron chi connectivity index (χ0n) is 13.6. The van der Waals surface area contributed by atoms with Crippen LogP contribution < -0.4 is 4.74 Å². The molecule has 3 aromatic rings. The highest BCUT2D eigenvalue weighted by atomic mass is 19.1. The van der Waals surface area contributed by atoms with Crippen LogP contribution in [-0.2, 0) is 0 Å². The molecule has 0 aliphatic carbocycles. The third kappa shape index (κ3) is 3.60. The lowest BCUT2D eigenvalue weighted by molar-refractivity contribution is 0.260. The van der Waals surface area contributed by atoms with Gasteiger partial charge in [0.15, 0.2) is 0 Å². The van der Waals surface area contributed by atoms with E-state index in [9.17, 15) is 4.39 Å². The molecule has 0 saturated carbocycles. The van der Waals surface area contributed by atoms with Crippen LogP contribution in [0.3, 0.4) is 0 Å². The van der Waals surface area contributed by atoms with E-state index in [4.69, 9.17) is 9.26 Å². The molecule has 0 atom stereocenters. The SMILES string of the molecule is CN(C)CCOc1cccc(F)c1-c1nc(-c2ccccc2)no1. The number of hydrogen-bond donors (Lipinski definition) is 0. The van der Waals surface area contributed by atoms with Gasteiger partial charge in [0.25, 0.3) is 5.89 Å². The molecule has 6 heteroatoms. The first-order valence-electron chi connectivity index (χ1n) is 7.60. The highest BCUT2D eigenvalue weighted by Gasteiger charge is 2.19. The molecule has 0 saturated heterocycles. The predicted molar refractivity (Wildman–Crippen MR) is 89.2 cm³/mol. The van der Waals surface area contributed by atoms with E-state index in [2.05, 4.69) is 10.1 Å². The molecule has 5 nitrogen and oxygen atoms in total. The number of likely N-dealkylation sites (N-methyl/N-ethyl adjacent to an activating group) is 1. The lowest BCUT2D eigenvalue weighted by Gasteiger charge is -2.12. The molecule has 1 aromatic heterocycles. The number of aromatic nitrogens is 2. The molecular formula is C18H18FN3O2. The highest BCUT2D eigenvalue weighted by molar-refractivity contribution is 5.65. The molecule has 0 bridgehead atoms. The summed E-state index contributed by atoms with van der Waals surface area (Å²) in [7, 11) is 3.89. The van der Waals surface area contributed by atoms with Gasteiger partial charge in [-0.1, -0.05) is 41.6 Å². The van der Waals surface area contributed by atoms with Crippen molar-refractivity contribution in [3.05, 3.63) is 54.3 Å². The van der Waals surface area contributed by atoms with Crippen molar-refractivity contribution in [2.75, 3.05) is 27.2 Å². The smallest absolute Gasteiger partial charge is 0.265 e. The van der Waals surface area contributed by atoms with E-state index >= 15 is 0 Å². The third-order valence-electron chi connectivity index (χ3n) is 3.44. The number of halogens is 1. The maximum Gasteiger partial charge on any atom is 0.265 e. The zero-order chi connectivity index (χ0) is 16.9. The van der Waals surface area contributed by atoms with Gasteiger partial charge in [0.1, 0.15) is 23.7 Å². The van der Waals surface area contributed by atoms with Gasteiger partial charge in [-0.3, -0.25) is 0 Å². The number of ether oxygens (including phenoxy) is 1. The number of benzene rings is 2. The second-order valence-corrected chi connectivity index (χ2v) is 5.55. The summed E-state index contributed by atoms with van der Waals surface area (Å²) < 4.78 is 25.3. The largest absolute Gasteiger partial charge is 0.491 e. The fourth-order valence-electron chi connectivity index (χ4n) is 2.20. The Balaban J connectivity index is 1.90. The van der Waals surface area contributed by atoms with E-state index in [1.165, 1.54) is 6.07 Å². The maximum absolute atomic E-state index is 14.3. The van der Waals surface area contributed by atoms with Crippen LogP contribution in [0.2, 0.25) is 0 Å². The van der Waals surface area contributed by atoms with Crippen molar-refractivity contribution in [1.82, 2.24) is 15.0 Å². The number of hydrogen-bond acceptors (Lipinski definition) is 5. The van der Waals surface area contributed by atoms with Crippen molar-refractivity contribution in [1.29, 1.82) is 0 Å². The average molecular weight is 327 g/mol. The fraction of sp³-hybridized carbons (Fsp3) is 0.222. The minimum Gasteiger partial charge on any atom is -0.491 e. The topological polar surface area (TPSA) is 51.4 Å². The Bertz CT molecular complexity index is 803. The zero-order valence-corrected chi connectivity index (χ0v) is 13.6. The van der Waals surface area contributed by atoms with Crippen LogP contribution in [0.4, 0.5) is 4.39 Å². The first-order valence-corrected chi connectivity index (χ1v) is 7.60. The average Bonchev–Trinajstić information content (AvgIpc) is 3.05. The first-order chi connectivity index (χ1) is 11.6. The van der Waals surface area contributed by atoms with Crippen LogP contribution in [0.15, 0.2) is 53.1 Å². The molecule has 0 unspecified atom stereocenters. The van der Waals surface area contributed by atoms with E-state index in [1.807, 2.05) is 49.3 Å². The summed E-state index contributed by atoms with van der Waals surface area (Å²) in [6, 6.07) is 14.0. The Hall–Kier alpha value is -2.73. The molecule has 1 heterocycles. The first kappa shape index (κ1) is 16.1. The van der Waals surface area contributed by atoms with E-state index in [-0.39, 0.29) is 11.5 Å². The van der Waals surface area contributed by atoms with Crippen molar-refractivity contribution >= 4 is 0 Å². The summed E-state index contributed by atoms with van der Waals surface area (Å²) >= 11 is 0. The van der Waals surface area contributed by atoms with E-state index < -0.39 is 5.82 Å². The molecule has 0 aliphatic rings. The van der Waals surface area contributed by atoms with Gasteiger partial charge in [0, 0.05) is 12.1 Å². The van der Waals surface area contributed by atoms with Crippen molar-refractivity contribution in [2.45, 2.75) is 0 Å². The van der Waals surface area contributed by atoms with E-state index in [0.29, 0.717) is 18.2 Å². The number of rotatable bonds is 6. The van der Waals surface area contributed by atoms with Gasteiger partial charge in [0.2, 0.25) is 5.82 Å². The van der Waals surface area contributed by atoms with E-state index in [1.54, 1.807) is 12.1 Å². The molecule has 2 aromatic carbocycles.